The summed E-state index contributed by atoms with van der Waals surface area (Å²) in [4.78, 5) is 42.9. The van der Waals surface area contributed by atoms with E-state index in [2.05, 4.69) is 10.4 Å². The molecular formula is C25H21N3O5. The third-order valence-electron chi connectivity index (χ3n) is 4.97. The van der Waals surface area contributed by atoms with Crippen molar-refractivity contribution in [2.24, 2.45) is 0 Å². The molecule has 4 aromatic rings. The highest BCUT2D eigenvalue weighted by atomic mass is 16.5. The molecule has 0 aliphatic rings. The maximum absolute atomic E-state index is 13.3. The Hall–Kier alpha value is -4.46. The predicted octanol–water partition coefficient (Wildman–Crippen LogP) is 3.45. The molecule has 0 saturated heterocycles. The number of fused-ring (bicyclic) bond motifs is 1. The summed E-state index contributed by atoms with van der Waals surface area (Å²) < 4.78 is 11.5. The first kappa shape index (κ1) is 21.8. The molecule has 1 heterocycles. The van der Waals surface area contributed by atoms with Gasteiger partial charge < -0.3 is 9.47 Å². The summed E-state index contributed by atoms with van der Waals surface area (Å²) in [5, 5.41) is 0.332. The monoisotopic (exact) mass is 443 g/mol. The van der Waals surface area contributed by atoms with Gasteiger partial charge >= 0.3 is 5.97 Å². The molecule has 0 aliphatic carbocycles. The number of para-hydroxylation sites is 1. The standard InChI is InChI=1S/C25H21N3O5/c1-16(29)33-22(17-8-4-3-5-9-17)24(30)27-28-23(18-12-14-19(32-2)15-13-18)26-21-11-7-6-10-20(21)25(28)31/h3-15,22H,1-2H3,(H,27,30). The minimum absolute atomic E-state index is 0.226. The molecule has 1 N–H and O–H groups in total. The van der Waals surface area contributed by atoms with E-state index < -0.39 is 23.5 Å². The van der Waals surface area contributed by atoms with Crippen LogP contribution in [0.15, 0.2) is 83.7 Å². The van der Waals surface area contributed by atoms with Gasteiger partial charge in [-0.3, -0.25) is 19.8 Å². The summed E-state index contributed by atoms with van der Waals surface area (Å²) in [6.45, 7) is 1.22. The predicted molar refractivity (Wildman–Crippen MR) is 123 cm³/mol. The topological polar surface area (TPSA) is 99.5 Å². The second kappa shape index (κ2) is 9.35. The van der Waals surface area contributed by atoms with Crippen molar-refractivity contribution in [1.82, 2.24) is 9.66 Å². The third kappa shape index (κ3) is 4.59. The fourth-order valence-electron chi connectivity index (χ4n) is 3.41. The molecule has 1 atom stereocenters. The van der Waals surface area contributed by atoms with E-state index in [1.807, 2.05) is 0 Å². The highest BCUT2D eigenvalue weighted by Crippen LogP contribution is 2.23. The lowest BCUT2D eigenvalue weighted by Gasteiger charge is -2.20. The van der Waals surface area contributed by atoms with E-state index in [0.717, 1.165) is 4.68 Å². The van der Waals surface area contributed by atoms with Gasteiger partial charge in [0.25, 0.3) is 11.5 Å². The number of rotatable bonds is 6. The Balaban J connectivity index is 1.82. The molecule has 166 valence electrons. The van der Waals surface area contributed by atoms with Gasteiger partial charge in [-0.1, -0.05) is 42.5 Å². The second-order valence-corrected chi connectivity index (χ2v) is 7.20. The van der Waals surface area contributed by atoms with Crippen LogP contribution in [0.3, 0.4) is 0 Å². The van der Waals surface area contributed by atoms with Crippen LogP contribution >= 0.6 is 0 Å². The summed E-state index contributed by atoms with van der Waals surface area (Å²) >= 11 is 0. The van der Waals surface area contributed by atoms with Crippen molar-refractivity contribution < 1.29 is 19.1 Å². The molecule has 0 spiro atoms. The molecule has 33 heavy (non-hydrogen) atoms. The molecule has 1 amide bonds. The van der Waals surface area contributed by atoms with Gasteiger partial charge in [0.15, 0.2) is 5.82 Å². The SMILES string of the molecule is COc1ccc(-c2nc3ccccc3c(=O)n2NC(=O)C(OC(C)=O)c2ccccc2)cc1. The van der Waals surface area contributed by atoms with Crippen LogP contribution in [-0.4, -0.2) is 28.6 Å². The van der Waals surface area contributed by atoms with E-state index in [4.69, 9.17) is 9.47 Å². The summed E-state index contributed by atoms with van der Waals surface area (Å²) in [7, 11) is 1.55. The fourth-order valence-corrected chi connectivity index (χ4v) is 3.41. The summed E-state index contributed by atoms with van der Waals surface area (Å²) in [6, 6.07) is 22.4. The molecule has 0 saturated carbocycles. The molecule has 8 nitrogen and oxygen atoms in total. The second-order valence-electron chi connectivity index (χ2n) is 7.20. The summed E-state index contributed by atoms with van der Waals surface area (Å²) in [6.07, 6.45) is -1.24. The Kier molecular flexibility index (Phi) is 6.17. The molecule has 0 fully saturated rings. The van der Waals surface area contributed by atoms with E-state index in [0.29, 0.717) is 27.8 Å². The largest absolute Gasteiger partial charge is 0.497 e. The Labute approximate surface area is 189 Å². The molecule has 0 aliphatic heterocycles. The van der Waals surface area contributed by atoms with Gasteiger partial charge in [0.1, 0.15) is 5.75 Å². The number of methoxy groups -OCH3 is 1. The number of amides is 1. The molecule has 0 radical (unpaired) electrons. The Morgan fingerprint density at radius 3 is 2.27 bits per heavy atom. The van der Waals surface area contributed by atoms with Crippen molar-refractivity contribution in [2.75, 3.05) is 12.5 Å². The van der Waals surface area contributed by atoms with Gasteiger partial charge in [0.2, 0.25) is 6.10 Å². The van der Waals surface area contributed by atoms with Crippen molar-refractivity contribution >= 4 is 22.8 Å². The lowest BCUT2D eigenvalue weighted by atomic mass is 10.1. The zero-order chi connectivity index (χ0) is 23.4. The van der Waals surface area contributed by atoms with Gasteiger partial charge in [0, 0.05) is 18.1 Å². The highest BCUT2D eigenvalue weighted by molar-refractivity contribution is 5.91. The number of carbonyl (C=O) groups is 2. The quantitative estimate of drug-likeness (QED) is 0.458. The van der Waals surface area contributed by atoms with Gasteiger partial charge in [0.05, 0.1) is 18.0 Å². The number of nitrogens with one attached hydrogen (secondary N) is 1. The van der Waals surface area contributed by atoms with Crippen LogP contribution < -0.4 is 15.7 Å². The van der Waals surface area contributed by atoms with E-state index in [9.17, 15) is 14.4 Å². The number of hydrogen-bond donors (Lipinski definition) is 1. The van der Waals surface area contributed by atoms with Crippen LogP contribution in [0.2, 0.25) is 0 Å². The van der Waals surface area contributed by atoms with Crippen molar-refractivity contribution in [3.63, 3.8) is 0 Å². The average molecular weight is 443 g/mol. The van der Waals surface area contributed by atoms with E-state index in [1.54, 1.807) is 86.0 Å². The minimum atomic E-state index is -1.24. The van der Waals surface area contributed by atoms with Crippen LogP contribution in [0.25, 0.3) is 22.3 Å². The first-order valence-electron chi connectivity index (χ1n) is 10.2. The number of ether oxygens (including phenoxy) is 2. The first-order chi connectivity index (χ1) is 16.0. The molecule has 3 aromatic carbocycles. The van der Waals surface area contributed by atoms with Crippen LogP contribution in [-0.2, 0) is 14.3 Å². The number of aromatic nitrogens is 2. The van der Waals surface area contributed by atoms with Crippen LogP contribution in [0.4, 0.5) is 0 Å². The molecule has 4 rings (SSSR count). The Bertz CT molecular complexity index is 1360. The lowest BCUT2D eigenvalue weighted by molar-refractivity contribution is -0.152. The van der Waals surface area contributed by atoms with E-state index in [1.165, 1.54) is 6.92 Å². The molecule has 0 bridgehead atoms. The summed E-state index contributed by atoms with van der Waals surface area (Å²) in [5.74, 6) is -0.454. The van der Waals surface area contributed by atoms with Crippen LogP contribution in [0.5, 0.6) is 5.75 Å². The normalized spacial score (nSPS) is 11.6. The summed E-state index contributed by atoms with van der Waals surface area (Å²) in [5.41, 5.74) is 3.67. The maximum Gasteiger partial charge on any atom is 0.303 e. The highest BCUT2D eigenvalue weighted by Gasteiger charge is 2.26. The smallest absolute Gasteiger partial charge is 0.303 e. The van der Waals surface area contributed by atoms with Crippen molar-refractivity contribution in [3.05, 3.63) is 94.8 Å². The maximum atomic E-state index is 13.3. The van der Waals surface area contributed by atoms with Crippen molar-refractivity contribution in [3.8, 4) is 17.1 Å². The van der Waals surface area contributed by atoms with Crippen LogP contribution in [0.1, 0.15) is 18.6 Å². The zero-order valence-electron chi connectivity index (χ0n) is 18.0. The number of hydrogen-bond acceptors (Lipinski definition) is 6. The molecular weight excluding hydrogens is 422 g/mol. The third-order valence-corrected chi connectivity index (χ3v) is 4.97. The minimum Gasteiger partial charge on any atom is -0.497 e. The van der Waals surface area contributed by atoms with Crippen LogP contribution in [0, 0.1) is 0 Å². The number of esters is 1. The fraction of sp³-hybridized carbons (Fsp3) is 0.120. The van der Waals surface area contributed by atoms with Gasteiger partial charge in [-0.15, -0.1) is 0 Å². The molecule has 1 aromatic heterocycles. The first-order valence-corrected chi connectivity index (χ1v) is 10.2. The average Bonchev–Trinajstić information content (AvgIpc) is 2.84. The lowest BCUT2D eigenvalue weighted by Crippen LogP contribution is -2.38. The molecule has 8 heteroatoms. The van der Waals surface area contributed by atoms with Gasteiger partial charge in [-0.25, -0.2) is 4.98 Å². The van der Waals surface area contributed by atoms with Crippen molar-refractivity contribution in [2.45, 2.75) is 13.0 Å². The van der Waals surface area contributed by atoms with Gasteiger partial charge in [-0.2, -0.15) is 4.68 Å². The Morgan fingerprint density at radius 2 is 1.61 bits per heavy atom. The Morgan fingerprint density at radius 1 is 0.939 bits per heavy atom. The van der Waals surface area contributed by atoms with Gasteiger partial charge in [-0.05, 0) is 36.4 Å². The van der Waals surface area contributed by atoms with Crippen molar-refractivity contribution in [1.29, 1.82) is 0 Å². The number of carbonyl (C=O) groups excluding carboxylic acids is 2. The van der Waals surface area contributed by atoms with E-state index >= 15 is 0 Å². The number of nitrogens with zero attached hydrogens (tertiary/aromatic N) is 2. The van der Waals surface area contributed by atoms with E-state index in [-0.39, 0.29) is 5.82 Å². The number of benzene rings is 3. The zero-order valence-corrected chi connectivity index (χ0v) is 18.0. The molecule has 1 unspecified atom stereocenters.